The zero-order chi connectivity index (χ0) is 25.0. The van der Waals surface area contributed by atoms with Gasteiger partial charge in [-0.1, -0.05) is 51.8 Å². The number of anilines is 2. The fourth-order valence-electron chi connectivity index (χ4n) is 3.32. The van der Waals surface area contributed by atoms with Gasteiger partial charge >= 0.3 is 0 Å². The summed E-state index contributed by atoms with van der Waals surface area (Å²) in [5.41, 5.74) is 2.18. The lowest BCUT2D eigenvalue weighted by molar-refractivity contribution is -0.113. The molecule has 188 valence electrons. The van der Waals surface area contributed by atoms with Gasteiger partial charge in [0.2, 0.25) is 0 Å². The molecule has 2 aliphatic rings. The van der Waals surface area contributed by atoms with Gasteiger partial charge in [0.1, 0.15) is 18.6 Å². The van der Waals surface area contributed by atoms with Gasteiger partial charge in [-0.15, -0.1) is 11.8 Å². The number of rotatable bonds is 8. The maximum absolute atomic E-state index is 11.3. The molecule has 1 fully saturated rings. The number of hydrogen-bond donors (Lipinski definition) is 1. The Morgan fingerprint density at radius 3 is 2.32 bits per heavy atom. The van der Waals surface area contributed by atoms with E-state index < -0.39 is 0 Å². The summed E-state index contributed by atoms with van der Waals surface area (Å²) in [5, 5.41) is 7.00. The number of ether oxygens (including phenoxy) is 1. The van der Waals surface area contributed by atoms with Crippen molar-refractivity contribution in [2.75, 3.05) is 44.5 Å². The quantitative estimate of drug-likeness (QED) is 0.245. The summed E-state index contributed by atoms with van der Waals surface area (Å²) in [6.07, 6.45) is 5.59. The monoisotopic (exact) mass is 504 g/mol. The summed E-state index contributed by atoms with van der Waals surface area (Å²) in [7, 11) is 3.13. The summed E-state index contributed by atoms with van der Waals surface area (Å²) in [5.74, 6) is 1.88. The smallest absolute Gasteiger partial charge is 0.134 e. The van der Waals surface area contributed by atoms with Gasteiger partial charge in [-0.2, -0.15) is 0 Å². The molecule has 1 heterocycles. The highest BCUT2D eigenvalue weighted by molar-refractivity contribution is 7.99. The number of benzene rings is 2. The van der Waals surface area contributed by atoms with Crippen LogP contribution in [-0.4, -0.2) is 55.3 Å². The number of aldehydes is 1. The number of carbonyl (C=O) groups is 1. The molecule has 0 saturated heterocycles. The average molecular weight is 505 g/mol. The molecule has 1 aliphatic carbocycles. The number of hydrogen-bond acceptors (Lipinski definition) is 7. The van der Waals surface area contributed by atoms with Gasteiger partial charge in [-0.25, -0.2) is 4.31 Å². The van der Waals surface area contributed by atoms with E-state index in [2.05, 4.69) is 79.5 Å². The third-order valence-corrected chi connectivity index (χ3v) is 7.67. The van der Waals surface area contributed by atoms with Gasteiger partial charge in [-0.05, 0) is 61.9 Å². The van der Waals surface area contributed by atoms with E-state index >= 15 is 0 Å². The summed E-state index contributed by atoms with van der Waals surface area (Å²) in [6.45, 7) is 8.90. The maximum Gasteiger partial charge on any atom is 0.134 e. The normalized spacial score (nSPS) is 16.1. The van der Waals surface area contributed by atoms with Gasteiger partial charge in [0.15, 0.2) is 0 Å². The Hall–Kier alpha value is -1.67. The number of aliphatic hydroxyl groups is 1. The van der Waals surface area contributed by atoms with E-state index in [1.807, 2.05) is 0 Å². The number of fused-ring (bicyclic) bond motifs is 1. The van der Waals surface area contributed by atoms with Crippen molar-refractivity contribution in [3.63, 3.8) is 0 Å². The van der Waals surface area contributed by atoms with Crippen LogP contribution in [0, 0.1) is 5.41 Å². The standard InChI is InChI=1S/C22H26N2O2S2.C4H10.CH4O/c1-3-27-21-13-18-20(14-19(21)26-16-22(15-25)9-10-22)28-23(2)11-12-24(18)17-7-5-4-6-8-17;1-3-4-2;1-2/h4-8,13-15H,3,9-12,16H2,1-2H3;3-4H2,1-2H3;2H,1H3. The van der Waals surface area contributed by atoms with Crippen LogP contribution in [0.1, 0.15) is 46.5 Å². The number of para-hydroxylation sites is 1. The van der Waals surface area contributed by atoms with Crippen molar-refractivity contribution >= 4 is 41.4 Å². The summed E-state index contributed by atoms with van der Waals surface area (Å²) >= 11 is 3.55. The van der Waals surface area contributed by atoms with Crippen LogP contribution in [0.2, 0.25) is 0 Å². The van der Waals surface area contributed by atoms with Crippen LogP contribution in [0.15, 0.2) is 52.3 Å². The highest BCUT2D eigenvalue weighted by Gasteiger charge is 2.43. The summed E-state index contributed by atoms with van der Waals surface area (Å²) in [4.78, 5) is 16.1. The van der Waals surface area contributed by atoms with E-state index in [9.17, 15) is 4.79 Å². The van der Waals surface area contributed by atoms with Crippen molar-refractivity contribution in [1.82, 2.24) is 4.31 Å². The molecule has 5 nitrogen and oxygen atoms in total. The molecule has 1 aliphatic heterocycles. The average Bonchev–Trinajstić information content (AvgIpc) is 3.68. The molecule has 0 radical (unpaired) electrons. The lowest BCUT2D eigenvalue weighted by atomic mass is 10.1. The Morgan fingerprint density at radius 2 is 1.76 bits per heavy atom. The number of unbranched alkanes of at least 4 members (excludes halogenated alkanes) is 1. The second-order valence-electron chi connectivity index (χ2n) is 8.40. The van der Waals surface area contributed by atoms with Crippen molar-refractivity contribution < 1.29 is 14.6 Å². The Morgan fingerprint density at radius 1 is 1.09 bits per heavy atom. The van der Waals surface area contributed by atoms with E-state index in [0.717, 1.165) is 55.7 Å². The van der Waals surface area contributed by atoms with Crippen molar-refractivity contribution in [1.29, 1.82) is 0 Å². The maximum atomic E-state index is 11.3. The summed E-state index contributed by atoms with van der Waals surface area (Å²) < 4.78 is 8.46. The molecule has 1 saturated carbocycles. The highest BCUT2D eigenvalue weighted by atomic mass is 32.2. The third kappa shape index (κ3) is 7.94. The predicted octanol–water partition coefficient (Wildman–Crippen LogP) is 6.66. The van der Waals surface area contributed by atoms with Crippen LogP contribution in [0.25, 0.3) is 0 Å². The van der Waals surface area contributed by atoms with Crippen LogP contribution < -0.4 is 9.64 Å². The zero-order valence-electron chi connectivity index (χ0n) is 21.3. The molecule has 4 rings (SSSR count). The number of likely N-dealkylation sites (N-methyl/N-ethyl adjacent to an activating group) is 1. The van der Waals surface area contributed by atoms with Gasteiger partial charge < -0.3 is 19.5 Å². The molecule has 0 spiro atoms. The first-order chi connectivity index (χ1) is 16.6. The van der Waals surface area contributed by atoms with E-state index in [-0.39, 0.29) is 5.41 Å². The van der Waals surface area contributed by atoms with Crippen LogP contribution in [-0.2, 0) is 4.79 Å². The van der Waals surface area contributed by atoms with Gasteiger partial charge in [0, 0.05) is 25.9 Å². The van der Waals surface area contributed by atoms with Gasteiger partial charge in [0.25, 0.3) is 0 Å². The lowest BCUT2D eigenvalue weighted by Crippen LogP contribution is -2.24. The molecule has 0 unspecified atom stereocenters. The van der Waals surface area contributed by atoms with Crippen molar-refractivity contribution in [2.24, 2.45) is 5.41 Å². The second-order valence-corrected chi connectivity index (χ2v) is 11.0. The SMILES string of the molecule is CCCC.CCSc1cc2c(cc1OCC1(C=O)CC1)SN(C)CCN2c1ccccc1.CO. The predicted molar refractivity (Wildman–Crippen MR) is 147 cm³/mol. The molecule has 0 bridgehead atoms. The van der Waals surface area contributed by atoms with Crippen molar-refractivity contribution in [3.05, 3.63) is 42.5 Å². The first kappa shape index (κ1) is 28.6. The molecule has 34 heavy (non-hydrogen) atoms. The van der Waals surface area contributed by atoms with E-state index in [0.29, 0.717) is 6.61 Å². The van der Waals surface area contributed by atoms with Crippen LogP contribution in [0.4, 0.5) is 11.4 Å². The zero-order valence-corrected chi connectivity index (χ0v) is 22.9. The molecule has 1 N–H and O–H groups in total. The van der Waals surface area contributed by atoms with Crippen LogP contribution in [0.5, 0.6) is 5.75 Å². The van der Waals surface area contributed by atoms with Crippen LogP contribution >= 0.6 is 23.7 Å². The van der Waals surface area contributed by atoms with E-state index in [1.165, 1.54) is 29.1 Å². The molecule has 0 atom stereocenters. The number of nitrogens with zero attached hydrogens (tertiary/aromatic N) is 2. The van der Waals surface area contributed by atoms with E-state index in [1.54, 1.807) is 23.7 Å². The fourth-order valence-corrected chi connectivity index (χ4v) is 5.02. The molecular formula is C27H40N2O3S2. The minimum Gasteiger partial charge on any atom is -0.491 e. The molecule has 2 aromatic carbocycles. The lowest BCUT2D eigenvalue weighted by Gasteiger charge is -2.26. The Kier molecular flexibility index (Phi) is 12.3. The molecule has 7 heteroatoms. The molecule has 2 aromatic rings. The first-order valence-electron chi connectivity index (χ1n) is 12.1. The Labute approximate surface area is 214 Å². The van der Waals surface area contributed by atoms with Gasteiger partial charge in [0.05, 0.1) is 20.9 Å². The molecule has 0 aromatic heterocycles. The number of aliphatic hydroxyl groups excluding tert-OH is 1. The molecule has 0 amide bonds. The van der Waals surface area contributed by atoms with Crippen molar-refractivity contribution in [2.45, 2.75) is 56.2 Å². The topological polar surface area (TPSA) is 53.0 Å². The summed E-state index contributed by atoms with van der Waals surface area (Å²) in [6, 6.07) is 15.0. The highest BCUT2D eigenvalue weighted by Crippen LogP contribution is 2.47. The first-order valence-corrected chi connectivity index (χ1v) is 13.9. The second kappa shape index (κ2) is 14.7. The van der Waals surface area contributed by atoms with E-state index in [4.69, 9.17) is 9.84 Å². The van der Waals surface area contributed by atoms with Gasteiger partial charge in [-0.3, -0.25) is 0 Å². The van der Waals surface area contributed by atoms with Crippen LogP contribution in [0.3, 0.4) is 0 Å². The number of thioether (sulfide) groups is 1. The van der Waals surface area contributed by atoms with Crippen molar-refractivity contribution in [3.8, 4) is 5.75 Å². The third-order valence-electron chi connectivity index (χ3n) is 5.73. The fraction of sp³-hybridized carbons (Fsp3) is 0.519. The largest absolute Gasteiger partial charge is 0.491 e. The Balaban J connectivity index is 0.000000618. The Bertz CT molecular complexity index is 874. The molecular weight excluding hydrogens is 464 g/mol. The number of carbonyl (C=O) groups excluding carboxylic acids is 1. The minimum atomic E-state index is -0.249. The minimum absolute atomic E-state index is 0.249.